The molecule has 0 saturated heterocycles. The van der Waals surface area contributed by atoms with Crippen molar-refractivity contribution in [3.8, 4) is 5.75 Å². The van der Waals surface area contributed by atoms with Crippen molar-refractivity contribution in [2.24, 2.45) is 0 Å². The minimum atomic E-state index is -0.352. The van der Waals surface area contributed by atoms with Crippen LogP contribution in [0, 0.1) is 5.82 Å². The van der Waals surface area contributed by atoms with Gasteiger partial charge in [-0.05, 0) is 18.6 Å². The normalized spacial score (nSPS) is 10.0. The summed E-state index contributed by atoms with van der Waals surface area (Å²) in [5.41, 5.74) is 0. The van der Waals surface area contributed by atoms with Crippen LogP contribution in [-0.2, 0) is 4.79 Å². The summed E-state index contributed by atoms with van der Waals surface area (Å²) in [7, 11) is 0. The monoisotopic (exact) mass is 241 g/mol. The molecule has 0 spiro atoms. The second-order valence-corrected chi connectivity index (χ2v) is 3.48. The van der Waals surface area contributed by atoms with Crippen LogP contribution in [0.1, 0.15) is 12.8 Å². The molecule has 1 rings (SSSR count). The summed E-state index contributed by atoms with van der Waals surface area (Å²) < 4.78 is 18.0. The van der Waals surface area contributed by atoms with Crippen LogP contribution < -0.4 is 10.1 Å². The molecule has 17 heavy (non-hydrogen) atoms. The van der Waals surface area contributed by atoms with Gasteiger partial charge in [0.05, 0.1) is 6.54 Å². The lowest BCUT2D eigenvalue weighted by molar-refractivity contribution is -0.121. The molecular formula is C12H16FNO3. The first-order chi connectivity index (χ1) is 8.22. The number of aliphatic hydroxyl groups excluding tert-OH is 1. The van der Waals surface area contributed by atoms with Gasteiger partial charge in [0.15, 0.2) is 0 Å². The third kappa shape index (κ3) is 5.87. The maximum atomic E-state index is 12.8. The highest BCUT2D eigenvalue weighted by molar-refractivity contribution is 5.75. The van der Waals surface area contributed by atoms with E-state index in [0.717, 1.165) is 0 Å². The first-order valence-electron chi connectivity index (χ1n) is 5.48. The number of carbonyl (C=O) groups is 1. The average molecular weight is 241 g/mol. The lowest BCUT2D eigenvalue weighted by atomic mass is 10.3. The standard InChI is InChI=1S/C12H16FNO3/c13-10-3-1-4-11(9-10)17-8-6-14-12(16)5-2-7-15/h1,3-4,9,15H,2,5-8H2,(H,14,16). The minimum absolute atomic E-state index is 0.00715. The minimum Gasteiger partial charge on any atom is -0.492 e. The molecule has 0 aliphatic rings. The molecule has 0 bridgehead atoms. The van der Waals surface area contributed by atoms with Crippen molar-refractivity contribution >= 4 is 5.91 Å². The van der Waals surface area contributed by atoms with E-state index < -0.39 is 0 Å². The molecule has 0 aliphatic carbocycles. The fourth-order valence-electron chi connectivity index (χ4n) is 1.24. The third-order valence-corrected chi connectivity index (χ3v) is 2.05. The van der Waals surface area contributed by atoms with Gasteiger partial charge >= 0.3 is 0 Å². The summed E-state index contributed by atoms with van der Waals surface area (Å²) in [5.74, 6) is -0.0361. The van der Waals surface area contributed by atoms with Crippen molar-refractivity contribution < 1.29 is 19.0 Å². The van der Waals surface area contributed by atoms with Gasteiger partial charge in [-0.25, -0.2) is 4.39 Å². The van der Waals surface area contributed by atoms with Crippen LogP contribution in [0.4, 0.5) is 4.39 Å². The first-order valence-corrected chi connectivity index (χ1v) is 5.48. The second kappa shape index (κ2) is 7.62. The number of carbonyl (C=O) groups excluding carboxylic acids is 1. The molecular weight excluding hydrogens is 225 g/mol. The van der Waals surface area contributed by atoms with E-state index in [-0.39, 0.29) is 24.9 Å². The van der Waals surface area contributed by atoms with Crippen molar-refractivity contribution in [3.05, 3.63) is 30.1 Å². The van der Waals surface area contributed by atoms with Crippen LogP contribution in [0.3, 0.4) is 0 Å². The molecule has 0 fully saturated rings. The van der Waals surface area contributed by atoms with Gasteiger partial charge in [-0.3, -0.25) is 4.79 Å². The maximum absolute atomic E-state index is 12.8. The van der Waals surface area contributed by atoms with E-state index in [9.17, 15) is 9.18 Å². The summed E-state index contributed by atoms with van der Waals surface area (Å²) in [6, 6.07) is 5.83. The van der Waals surface area contributed by atoms with Gasteiger partial charge in [-0.1, -0.05) is 6.07 Å². The van der Waals surface area contributed by atoms with Crippen molar-refractivity contribution in [2.75, 3.05) is 19.8 Å². The highest BCUT2D eigenvalue weighted by Crippen LogP contribution is 2.11. The van der Waals surface area contributed by atoms with Crippen LogP contribution in [0.15, 0.2) is 24.3 Å². The number of aliphatic hydroxyl groups is 1. The van der Waals surface area contributed by atoms with E-state index in [1.807, 2.05) is 0 Å². The molecule has 0 aliphatic heterocycles. The van der Waals surface area contributed by atoms with E-state index in [1.165, 1.54) is 12.1 Å². The van der Waals surface area contributed by atoms with Crippen LogP contribution in [0.25, 0.3) is 0 Å². The highest BCUT2D eigenvalue weighted by atomic mass is 19.1. The molecule has 1 amide bonds. The van der Waals surface area contributed by atoms with Crippen LogP contribution >= 0.6 is 0 Å². The molecule has 5 heteroatoms. The molecule has 1 aromatic carbocycles. The van der Waals surface area contributed by atoms with E-state index in [0.29, 0.717) is 25.1 Å². The van der Waals surface area contributed by atoms with Gasteiger partial charge in [-0.15, -0.1) is 0 Å². The zero-order valence-corrected chi connectivity index (χ0v) is 9.49. The van der Waals surface area contributed by atoms with Gasteiger partial charge in [0.25, 0.3) is 0 Å². The SMILES string of the molecule is O=C(CCCO)NCCOc1cccc(F)c1. The Bertz CT molecular complexity index is 357. The molecule has 0 radical (unpaired) electrons. The molecule has 4 nitrogen and oxygen atoms in total. The molecule has 94 valence electrons. The topological polar surface area (TPSA) is 58.6 Å². The third-order valence-electron chi connectivity index (χ3n) is 2.05. The van der Waals surface area contributed by atoms with Gasteiger partial charge in [-0.2, -0.15) is 0 Å². The van der Waals surface area contributed by atoms with E-state index in [4.69, 9.17) is 9.84 Å². The van der Waals surface area contributed by atoms with Crippen molar-refractivity contribution in [3.63, 3.8) is 0 Å². The maximum Gasteiger partial charge on any atom is 0.220 e. The zero-order chi connectivity index (χ0) is 12.5. The summed E-state index contributed by atoms with van der Waals surface area (Å²) in [6.07, 6.45) is 0.757. The molecule has 0 heterocycles. The van der Waals surface area contributed by atoms with E-state index in [1.54, 1.807) is 12.1 Å². The first kappa shape index (κ1) is 13.4. The predicted molar refractivity (Wildman–Crippen MR) is 61.2 cm³/mol. The number of nitrogens with one attached hydrogen (secondary N) is 1. The Hall–Kier alpha value is -1.62. The zero-order valence-electron chi connectivity index (χ0n) is 9.49. The predicted octanol–water partition coefficient (Wildman–Crippen LogP) is 1.09. The molecule has 1 aromatic rings. The fourth-order valence-corrected chi connectivity index (χ4v) is 1.24. The average Bonchev–Trinajstić information content (AvgIpc) is 2.32. The second-order valence-electron chi connectivity index (χ2n) is 3.48. The largest absolute Gasteiger partial charge is 0.492 e. The summed E-state index contributed by atoms with van der Waals surface area (Å²) in [5, 5.41) is 11.2. The number of benzene rings is 1. The Kier molecular flexibility index (Phi) is 6.03. The van der Waals surface area contributed by atoms with Crippen LogP contribution in [-0.4, -0.2) is 30.8 Å². The number of rotatable bonds is 7. The van der Waals surface area contributed by atoms with Crippen LogP contribution in [0.2, 0.25) is 0 Å². The van der Waals surface area contributed by atoms with Crippen molar-refractivity contribution in [1.82, 2.24) is 5.32 Å². The lowest BCUT2D eigenvalue weighted by Crippen LogP contribution is -2.27. The number of ether oxygens (including phenoxy) is 1. The molecule has 0 aromatic heterocycles. The Balaban J connectivity index is 2.14. The summed E-state index contributed by atoms with van der Waals surface area (Å²) in [6.45, 7) is 0.655. The number of halogens is 1. The molecule has 2 N–H and O–H groups in total. The Morgan fingerprint density at radius 1 is 1.47 bits per heavy atom. The van der Waals surface area contributed by atoms with E-state index in [2.05, 4.69) is 5.32 Å². The molecule has 0 saturated carbocycles. The fraction of sp³-hybridized carbons (Fsp3) is 0.417. The Morgan fingerprint density at radius 3 is 3.00 bits per heavy atom. The highest BCUT2D eigenvalue weighted by Gasteiger charge is 2.00. The summed E-state index contributed by atoms with van der Waals surface area (Å²) >= 11 is 0. The van der Waals surface area contributed by atoms with E-state index >= 15 is 0 Å². The number of amides is 1. The van der Waals surface area contributed by atoms with Gasteiger partial charge < -0.3 is 15.2 Å². The number of hydrogen-bond donors (Lipinski definition) is 2. The smallest absolute Gasteiger partial charge is 0.220 e. The Labute approximate surface area is 99.4 Å². The molecule has 0 atom stereocenters. The summed E-state index contributed by atoms with van der Waals surface area (Å²) in [4.78, 5) is 11.1. The number of hydrogen-bond acceptors (Lipinski definition) is 3. The lowest BCUT2D eigenvalue weighted by Gasteiger charge is -2.07. The quantitative estimate of drug-likeness (QED) is 0.703. The Morgan fingerprint density at radius 2 is 2.29 bits per heavy atom. The molecule has 0 unspecified atom stereocenters. The van der Waals surface area contributed by atoms with Gasteiger partial charge in [0, 0.05) is 19.1 Å². The van der Waals surface area contributed by atoms with Crippen molar-refractivity contribution in [2.45, 2.75) is 12.8 Å². The van der Waals surface area contributed by atoms with Gasteiger partial charge in [0.1, 0.15) is 18.2 Å². The van der Waals surface area contributed by atoms with Gasteiger partial charge in [0.2, 0.25) is 5.91 Å². The van der Waals surface area contributed by atoms with Crippen LogP contribution in [0.5, 0.6) is 5.75 Å². The van der Waals surface area contributed by atoms with Crippen molar-refractivity contribution in [1.29, 1.82) is 0 Å².